The molecule has 164 valence electrons. The zero-order chi connectivity index (χ0) is 21.8. The van der Waals surface area contributed by atoms with E-state index >= 15 is 0 Å². The molecule has 1 aliphatic heterocycles. The van der Waals surface area contributed by atoms with Gasteiger partial charge in [0.2, 0.25) is 0 Å². The maximum atomic E-state index is 12.3. The van der Waals surface area contributed by atoms with Crippen LogP contribution in [-0.4, -0.2) is 64.4 Å². The fraction of sp³-hybridized carbons (Fsp3) is 0.320. The van der Waals surface area contributed by atoms with Gasteiger partial charge in [-0.3, -0.25) is 9.69 Å². The number of unbranched alkanes of at least 4 members (excludes halogenated alkanes) is 1. The van der Waals surface area contributed by atoms with Crippen LogP contribution >= 0.6 is 0 Å². The van der Waals surface area contributed by atoms with Crippen molar-refractivity contribution < 1.29 is 4.79 Å². The Labute approximate surface area is 187 Å². The van der Waals surface area contributed by atoms with Crippen LogP contribution in [0.3, 0.4) is 0 Å². The molecular formula is C25H28N6O. The predicted octanol–water partition coefficient (Wildman–Crippen LogP) is 3.21. The van der Waals surface area contributed by atoms with E-state index in [9.17, 15) is 4.79 Å². The molecule has 1 fully saturated rings. The molecule has 4 aromatic rings. The van der Waals surface area contributed by atoms with Crippen LogP contribution in [0.15, 0.2) is 67.0 Å². The van der Waals surface area contributed by atoms with Crippen molar-refractivity contribution in [3.05, 3.63) is 72.7 Å². The lowest BCUT2D eigenvalue weighted by molar-refractivity contribution is 0.0948. The molecule has 1 N–H and O–H groups in total. The normalized spacial score (nSPS) is 14.8. The first-order valence-corrected chi connectivity index (χ1v) is 11.3. The Morgan fingerprint density at radius 3 is 2.62 bits per heavy atom. The Morgan fingerprint density at radius 1 is 0.906 bits per heavy atom. The number of fused-ring (bicyclic) bond motifs is 2. The molecule has 0 bridgehead atoms. The van der Waals surface area contributed by atoms with Crippen LogP contribution in [0, 0.1) is 0 Å². The fourth-order valence-corrected chi connectivity index (χ4v) is 4.23. The predicted molar refractivity (Wildman–Crippen MR) is 127 cm³/mol. The third-order valence-corrected chi connectivity index (χ3v) is 6.06. The van der Waals surface area contributed by atoms with Crippen LogP contribution in [0.5, 0.6) is 0 Å². The smallest absolute Gasteiger partial charge is 0.271 e. The molecule has 7 heteroatoms. The maximum absolute atomic E-state index is 12.3. The number of carbonyl (C=O) groups is 1. The van der Waals surface area contributed by atoms with Crippen molar-refractivity contribution in [2.24, 2.45) is 0 Å². The number of pyridine rings is 2. The van der Waals surface area contributed by atoms with Crippen LogP contribution in [0.4, 0.5) is 5.82 Å². The summed E-state index contributed by atoms with van der Waals surface area (Å²) in [5.41, 5.74) is 2.31. The topological polar surface area (TPSA) is 65.8 Å². The van der Waals surface area contributed by atoms with Crippen LogP contribution in [0.25, 0.3) is 16.6 Å². The SMILES string of the molecule is O=C(NCCCCN1CCN(c2ccc3ccccc3n2)CC1)c1cn2ccccc2n1. The monoisotopic (exact) mass is 428 g/mol. The number of rotatable bonds is 7. The quantitative estimate of drug-likeness (QED) is 0.458. The summed E-state index contributed by atoms with van der Waals surface area (Å²) in [6.45, 7) is 5.81. The average Bonchev–Trinajstić information content (AvgIpc) is 3.28. The summed E-state index contributed by atoms with van der Waals surface area (Å²) in [5.74, 6) is 0.961. The van der Waals surface area contributed by atoms with E-state index in [0.717, 1.165) is 62.5 Å². The minimum absolute atomic E-state index is 0.106. The number of amides is 1. The Bertz CT molecular complexity index is 1180. The molecule has 0 spiro atoms. The van der Waals surface area contributed by atoms with Gasteiger partial charge in [0.1, 0.15) is 17.2 Å². The summed E-state index contributed by atoms with van der Waals surface area (Å²) in [5, 5.41) is 4.17. The van der Waals surface area contributed by atoms with Crippen molar-refractivity contribution >= 4 is 28.3 Å². The fourth-order valence-electron chi connectivity index (χ4n) is 4.23. The summed E-state index contributed by atoms with van der Waals surface area (Å²) in [4.78, 5) is 26.4. The third-order valence-electron chi connectivity index (χ3n) is 6.06. The van der Waals surface area contributed by atoms with Gasteiger partial charge in [-0.25, -0.2) is 9.97 Å². The van der Waals surface area contributed by atoms with Gasteiger partial charge in [-0.15, -0.1) is 0 Å². The zero-order valence-corrected chi connectivity index (χ0v) is 18.2. The van der Waals surface area contributed by atoms with Crippen LogP contribution in [0.1, 0.15) is 23.3 Å². The molecular weight excluding hydrogens is 400 g/mol. The number of para-hydroxylation sites is 1. The summed E-state index contributed by atoms with van der Waals surface area (Å²) < 4.78 is 1.86. The molecule has 3 aromatic heterocycles. The number of hydrogen-bond acceptors (Lipinski definition) is 5. The van der Waals surface area contributed by atoms with E-state index in [4.69, 9.17) is 4.98 Å². The Kier molecular flexibility index (Phi) is 5.98. The maximum Gasteiger partial charge on any atom is 0.271 e. The molecule has 0 aliphatic carbocycles. The van der Waals surface area contributed by atoms with E-state index in [1.807, 2.05) is 40.9 Å². The Hall–Kier alpha value is -3.45. The lowest BCUT2D eigenvalue weighted by Gasteiger charge is -2.35. The van der Waals surface area contributed by atoms with Gasteiger partial charge < -0.3 is 14.6 Å². The Morgan fingerprint density at radius 2 is 1.75 bits per heavy atom. The summed E-state index contributed by atoms with van der Waals surface area (Å²) >= 11 is 0. The number of aromatic nitrogens is 3. The first-order valence-electron chi connectivity index (χ1n) is 11.3. The van der Waals surface area contributed by atoms with Crippen molar-refractivity contribution in [3.8, 4) is 0 Å². The van der Waals surface area contributed by atoms with Crippen molar-refractivity contribution in [2.75, 3.05) is 44.2 Å². The van der Waals surface area contributed by atoms with Gasteiger partial charge in [0.15, 0.2) is 0 Å². The van der Waals surface area contributed by atoms with Gasteiger partial charge in [0.05, 0.1) is 5.52 Å². The molecule has 0 unspecified atom stereocenters. The molecule has 4 heterocycles. The minimum atomic E-state index is -0.106. The second-order valence-corrected chi connectivity index (χ2v) is 8.25. The lowest BCUT2D eigenvalue weighted by atomic mass is 10.2. The van der Waals surface area contributed by atoms with Gasteiger partial charge in [0.25, 0.3) is 5.91 Å². The summed E-state index contributed by atoms with van der Waals surface area (Å²) in [7, 11) is 0. The van der Waals surface area contributed by atoms with E-state index in [1.54, 1.807) is 6.20 Å². The lowest BCUT2D eigenvalue weighted by Crippen LogP contribution is -2.47. The molecule has 7 nitrogen and oxygen atoms in total. The molecule has 1 saturated heterocycles. The molecule has 1 amide bonds. The van der Waals surface area contributed by atoms with E-state index in [2.05, 4.69) is 44.4 Å². The molecule has 1 aliphatic rings. The van der Waals surface area contributed by atoms with E-state index in [1.165, 1.54) is 5.39 Å². The van der Waals surface area contributed by atoms with Gasteiger partial charge in [-0.05, 0) is 49.7 Å². The number of benzene rings is 1. The highest BCUT2D eigenvalue weighted by Gasteiger charge is 2.18. The van der Waals surface area contributed by atoms with Crippen LogP contribution < -0.4 is 10.2 Å². The van der Waals surface area contributed by atoms with Gasteiger partial charge >= 0.3 is 0 Å². The number of nitrogens with one attached hydrogen (secondary N) is 1. The summed E-state index contributed by atoms with van der Waals surface area (Å²) in [6.07, 6.45) is 5.70. The molecule has 1 aromatic carbocycles. The third kappa shape index (κ3) is 4.57. The minimum Gasteiger partial charge on any atom is -0.354 e. The molecule has 0 atom stereocenters. The standard InChI is InChI=1S/C25H28N6O/c32-25(22-19-31-14-5-3-9-23(31)28-22)26-12-4-6-13-29-15-17-30(18-16-29)24-11-10-20-7-1-2-8-21(20)27-24/h1-3,5,7-11,14,19H,4,6,12-13,15-18H2,(H,26,32). The first kappa shape index (κ1) is 20.5. The van der Waals surface area contributed by atoms with Crippen LogP contribution in [0.2, 0.25) is 0 Å². The number of nitrogens with zero attached hydrogens (tertiary/aromatic N) is 5. The van der Waals surface area contributed by atoms with Gasteiger partial charge in [0, 0.05) is 50.5 Å². The number of hydrogen-bond donors (Lipinski definition) is 1. The first-order chi connectivity index (χ1) is 15.8. The Balaban J connectivity index is 1.02. The van der Waals surface area contributed by atoms with E-state index in [0.29, 0.717) is 12.2 Å². The molecule has 5 rings (SSSR count). The van der Waals surface area contributed by atoms with Crippen LogP contribution in [-0.2, 0) is 0 Å². The number of carbonyl (C=O) groups excluding carboxylic acids is 1. The average molecular weight is 429 g/mol. The van der Waals surface area contributed by atoms with E-state index in [-0.39, 0.29) is 5.91 Å². The van der Waals surface area contributed by atoms with Gasteiger partial charge in [-0.2, -0.15) is 0 Å². The van der Waals surface area contributed by atoms with Crippen molar-refractivity contribution in [3.63, 3.8) is 0 Å². The van der Waals surface area contributed by atoms with Crippen molar-refractivity contribution in [1.29, 1.82) is 0 Å². The molecule has 0 radical (unpaired) electrons. The zero-order valence-electron chi connectivity index (χ0n) is 18.2. The highest BCUT2D eigenvalue weighted by molar-refractivity contribution is 5.92. The highest BCUT2D eigenvalue weighted by atomic mass is 16.1. The number of anilines is 1. The van der Waals surface area contributed by atoms with Crippen molar-refractivity contribution in [2.45, 2.75) is 12.8 Å². The largest absolute Gasteiger partial charge is 0.354 e. The van der Waals surface area contributed by atoms with E-state index < -0.39 is 0 Å². The summed E-state index contributed by atoms with van der Waals surface area (Å²) in [6, 6.07) is 18.3. The molecule has 32 heavy (non-hydrogen) atoms. The number of piperazine rings is 1. The second kappa shape index (κ2) is 9.36. The van der Waals surface area contributed by atoms with Gasteiger partial charge in [-0.1, -0.05) is 24.3 Å². The second-order valence-electron chi connectivity index (χ2n) is 8.25. The van der Waals surface area contributed by atoms with Crippen molar-refractivity contribution in [1.82, 2.24) is 24.6 Å². The molecule has 0 saturated carbocycles. The number of imidazole rings is 1. The highest BCUT2D eigenvalue weighted by Crippen LogP contribution is 2.19.